The zero-order chi connectivity index (χ0) is 41.0. The Bertz CT molecular complexity index is 1480. The smallest absolute Gasteiger partial charge is 0.245 e. The van der Waals surface area contributed by atoms with Crippen molar-refractivity contribution >= 4 is 35.0 Å². The molecule has 13 heteroatoms. The second-order valence-corrected chi connectivity index (χ2v) is 17.0. The van der Waals surface area contributed by atoms with E-state index < -0.39 is 30.2 Å². The van der Waals surface area contributed by atoms with E-state index in [1.807, 2.05) is 94.2 Å². The summed E-state index contributed by atoms with van der Waals surface area (Å²) in [6.07, 6.45) is 3.49. The summed E-state index contributed by atoms with van der Waals surface area (Å²) >= 11 is 1.51. The quantitative estimate of drug-likeness (QED) is 0.177. The molecule has 3 rings (SSSR count). The molecule has 0 spiro atoms. The predicted molar refractivity (Wildman–Crippen MR) is 218 cm³/mol. The van der Waals surface area contributed by atoms with Gasteiger partial charge in [0.1, 0.15) is 11.0 Å². The Balaban J connectivity index is 1.79. The molecule has 1 aliphatic heterocycles. The van der Waals surface area contributed by atoms with Crippen molar-refractivity contribution in [1.82, 2.24) is 30.3 Å². The number of likely N-dealkylation sites (tertiary alicyclic amines) is 1. The van der Waals surface area contributed by atoms with Gasteiger partial charge >= 0.3 is 0 Å². The Kier molecular flexibility index (Phi) is 18.2. The minimum absolute atomic E-state index is 0.00751. The van der Waals surface area contributed by atoms with Crippen molar-refractivity contribution in [1.29, 1.82) is 0 Å². The van der Waals surface area contributed by atoms with Gasteiger partial charge < -0.3 is 29.9 Å². The molecule has 2 heterocycles. The Labute approximate surface area is 334 Å². The maximum absolute atomic E-state index is 14.3. The standard InChI is InChI=1S/C42H68N6O6S/c1-13-28(6)37(47(10)42(52)35(26(2)3)45-40(51)36(27(4)5)46(8)9)33(53-11)25-34(49)48-22-17-20-32(48)38(54-12)29(7)39(50)44-31(41-43-21-23-55-41)24-30-18-15-14-16-19-30/h14-16,18-19,21,23,26-29,31-33,35-38H,13,17,20,22,24-25H2,1-12H3,(H,44,50)(H,45,51)/t28-,29+,31-,32+,33+,35+,36+,37-,38+/m0/s1. The number of carbonyl (C=O) groups excluding carboxylic acids is 4. The lowest BCUT2D eigenvalue weighted by atomic mass is 9.89. The Morgan fingerprint density at radius 3 is 2.15 bits per heavy atom. The Morgan fingerprint density at radius 1 is 0.945 bits per heavy atom. The highest BCUT2D eigenvalue weighted by Gasteiger charge is 2.43. The molecule has 308 valence electrons. The normalized spacial score (nSPS) is 19.0. The molecule has 9 atom stereocenters. The third kappa shape index (κ3) is 12.1. The van der Waals surface area contributed by atoms with E-state index in [0.717, 1.165) is 23.4 Å². The highest BCUT2D eigenvalue weighted by molar-refractivity contribution is 7.09. The van der Waals surface area contributed by atoms with Crippen molar-refractivity contribution < 1.29 is 28.7 Å². The summed E-state index contributed by atoms with van der Waals surface area (Å²) in [6, 6.07) is 7.83. The van der Waals surface area contributed by atoms with Crippen LogP contribution in [-0.4, -0.2) is 122 Å². The molecule has 55 heavy (non-hydrogen) atoms. The highest BCUT2D eigenvalue weighted by atomic mass is 32.1. The van der Waals surface area contributed by atoms with Crippen molar-refractivity contribution in [2.24, 2.45) is 23.7 Å². The number of hydrogen-bond acceptors (Lipinski definition) is 9. The van der Waals surface area contributed by atoms with Crippen LogP contribution >= 0.6 is 11.3 Å². The summed E-state index contributed by atoms with van der Waals surface area (Å²) in [4.78, 5) is 65.8. The van der Waals surface area contributed by atoms with Gasteiger partial charge in [0, 0.05) is 39.4 Å². The minimum Gasteiger partial charge on any atom is -0.379 e. The number of amides is 4. The molecule has 0 aliphatic carbocycles. The fourth-order valence-electron chi connectivity index (χ4n) is 8.17. The Morgan fingerprint density at radius 2 is 1.62 bits per heavy atom. The van der Waals surface area contributed by atoms with Gasteiger partial charge in [0.25, 0.3) is 0 Å². The van der Waals surface area contributed by atoms with Crippen LogP contribution in [-0.2, 0) is 35.1 Å². The van der Waals surface area contributed by atoms with E-state index in [1.165, 1.54) is 11.3 Å². The molecule has 0 radical (unpaired) electrons. The van der Waals surface area contributed by atoms with Crippen LogP contribution < -0.4 is 10.6 Å². The largest absolute Gasteiger partial charge is 0.379 e. The summed E-state index contributed by atoms with van der Waals surface area (Å²) < 4.78 is 12.1. The number of benzene rings is 1. The van der Waals surface area contributed by atoms with Crippen molar-refractivity contribution in [3.63, 3.8) is 0 Å². The number of ether oxygens (including phenoxy) is 2. The molecule has 1 saturated heterocycles. The van der Waals surface area contributed by atoms with E-state index in [9.17, 15) is 19.2 Å². The number of nitrogens with one attached hydrogen (secondary N) is 2. The summed E-state index contributed by atoms with van der Waals surface area (Å²) in [6.45, 7) is 14.3. The molecular formula is C42H68N6O6S. The third-order valence-electron chi connectivity index (χ3n) is 11.3. The first-order valence-corrected chi connectivity index (χ1v) is 20.8. The number of likely N-dealkylation sites (N-methyl/N-ethyl adjacent to an activating group) is 2. The van der Waals surface area contributed by atoms with Gasteiger partial charge in [-0.2, -0.15) is 0 Å². The summed E-state index contributed by atoms with van der Waals surface area (Å²) in [7, 11) is 8.66. The number of aromatic nitrogens is 1. The molecule has 1 fully saturated rings. The van der Waals surface area contributed by atoms with Crippen LogP contribution in [0.4, 0.5) is 0 Å². The molecule has 0 saturated carbocycles. The monoisotopic (exact) mass is 784 g/mol. The average molecular weight is 785 g/mol. The lowest BCUT2D eigenvalue weighted by Gasteiger charge is -2.41. The third-order valence-corrected chi connectivity index (χ3v) is 12.2. The molecule has 4 amide bonds. The van der Waals surface area contributed by atoms with Crippen LogP contribution in [0.25, 0.3) is 0 Å². The number of thiazole rings is 1. The molecule has 0 bridgehead atoms. The second kappa shape index (κ2) is 21.8. The summed E-state index contributed by atoms with van der Waals surface area (Å²) in [5, 5.41) is 9.02. The molecule has 2 aromatic rings. The van der Waals surface area contributed by atoms with Crippen LogP contribution in [0.1, 0.15) is 90.8 Å². The van der Waals surface area contributed by atoms with Gasteiger partial charge in [-0.1, -0.05) is 85.2 Å². The SMILES string of the molecule is CC[C@H](C)[C@@H]([C@@H](CC(=O)N1CCC[C@@H]1[C@H](OC)[C@@H](C)C(=O)N[C@@H](Cc1ccccc1)c1nccs1)OC)N(C)C(=O)[C@H](NC(=O)[C@@H](C(C)C)N(C)C)C(C)C. The van der Waals surface area contributed by atoms with E-state index in [1.54, 1.807) is 32.4 Å². The predicted octanol–water partition coefficient (Wildman–Crippen LogP) is 5.19. The van der Waals surface area contributed by atoms with Gasteiger partial charge in [0.2, 0.25) is 23.6 Å². The average Bonchev–Trinajstić information content (AvgIpc) is 3.87. The first kappa shape index (κ1) is 46.0. The van der Waals surface area contributed by atoms with Crippen LogP contribution in [0.15, 0.2) is 41.9 Å². The molecule has 0 unspecified atom stereocenters. The van der Waals surface area contributed by atoms with Crippen LogP contribution in [0.5, 0.6) is 0 Å². The topological polar surface area (TPSA) is 133 Å². The number of rotatable bonds is 21. The summed E-state index contributed by atoms with van der Waals surface area (Å²) in [5.41, 5.74) is 1.09. The van der Waals surface area contributed by atoms with E-state index in [2.05, 4.69) is 29.5 Å². The number of carbonyl (C=O) groups is 4. The van der Waals surface area contributed by atoms with Gasteiger partial charge in [-0.3, -0.25) is 24.1 Å². The molecule has 2 N–H and O–H groups in total. The summed E-state index contributed by atoms with van der Waals surface area (Å²) in [5.74, 6) is -1.35. The molecule has 12 nitrogen and oxygen atoms in total. The first-order chi connectivity index (χ1) is 26.1. The van der Waals surface area contributed by atoms with Crippen LogP contribution in [0.2, 0.25) is 0 Å². The van der Waals surface area contributed by atoms with Gasteiger partial charge in [-0.05, 0) is 56.7 Å². The maximum atomic E-state index is 14.3. The fraction of sp³-hybridized carbons (Fsp3) is 0.690. The maximum Gasteiger partial charge on any atom is 0.245 e. The number of hydrogen-bond donors (Lipinski definition) is 2. The fourth-order valence-corrected chi connectivity index (χ4v) is 8.86. The first-order valence-electron chi connectivity index (χ1n) is 19.9. The van der Waals surface area contributed by atoms with Crippen molar-refractivity contribution in [3.05, 3.63) is 52.5 Å². The van der Waals surface area contributed by atoms with Gasteiger partial charge in [-0.25, -0.2) is 4.98 Å². The van der Waals surface area contributed by atoms with Crippen LogP contribution in [0, 0.1) is 23.7 Å². The zero-order valence-electron chi connectivity index (χ0n) is 35.3. The lowest BCUT2D eigenvalue weighted by Crippen LogP contribution is -2.59. The second-order valence-electron chi connectivity index (χ2n) is 16.1. The molecule has 1 aromatic heterocycles. The van der Waals surface area contributed by atoms with E-state index in [0.29, 0.717) is 19.4 Å². The van der Waals surface area contributed by atoms with Crippen LogP contribution in [0.3, 0.4) is 0 Å². The van der Waals surface area contributed by atoms with Gasteiger partial charge in [-0.15, -0.1) is 11.3 Å². The van der Waals surface area contributed by atoms with E-state index in [4.69, 9.17) is 9.47 Å². The van der Waals surface area contributed by atoms with Crippen molar-refractivity contribution in [2.45, 2.75) is 123 Å². The highest BCUT2D eigenvalue weighted by Crippen LogP contribution is 2.30. The molecule has 1 aromatic carbocycles. The van der Waals surface area contributed by atoms with Gasteiger partial charge in [0.05, 0.1) is 48.7 Å². The molecular weight excluding hydrogens is 717 g/mol. The number of nitrogens with zero attached hydrogens (tertiary/aromatic N) is 4. The Hall–Kier alpha value is -3.39. The van der Waals surface area contributed by atoms with Crippen molar-refractivity contribution in [3.8, 4) is 0 Å². The minimum atomic E-state index is -0.751. The molecule has 1 aliphatic rings. The van der Waals surface area contributed by atoms with Crippen molar-refractivity contribution in [2.75, 3.05) is 41.9 Å². The number of methoxy groups -OCH3 is 2. The van der Waals surface area contributed by atoms with E-state index in [-0.39, 0.29) is 65.9 Å². The lowest BCUT2D eigenvalue weighted by molar-refractivity contribution is -0.148. The van der Waals surface area contributed by atoms with E-state index >= 15 is 0 Å². The van der Waals surface area contributed by atoms with Gasteiger partial charge in [0.15, 0.2) is 0 Å². The zero-order valence-corrected chi connectivity index (χ0v) is 36.1.